The number of carbonyl (C=O) groups is 2. The summed E-state index contributed by atoms with van der Waals surface area (Å²) >= 11 is 0. The molecule has 3 aromatic carbocycles. The zero-order valence-electron chi connectivity index (χ0n) is 20.9. The molecule has 1 N–H and O–H groups in total. The first-order valence-electron chi connectivity index (χ1n) is 12.3. The third-order valence-corrected chi connectivity index (χ3v) is 6.81. The molecule has 0 radical (unpaired) electrons. The highest BCUT2D eigenvalue weighted by Gasteiger charge is 2.38. The molecule has 0 spiro atoms. The number of methoxy groups -OCH3 is 2. The molecule has 1 aliphatic rings. The lowest BCUT2D eigenvalue weighted by Gasteiger charge is -2.23. The predicted octanol–water partition coefficient (Wildman–Crippen LogP) is 4.46. The molecule has 1 amide bonds. The molecule has 188 valence electrons. The summed E-state index contributed by atoms with van der Waals surface area (Å²) in [5, 5.41) is 3.96. The second-order valence-corrected chi connectivity index (χ2v) is 9.12. The number of likely N-dealkylation sites (tertiary alicyclic amines) is 1. The zero-order valence-corrected chi connectivity index (χ0v) is 20.9. The summed E-state index contributed by atoms with van der Waals surface area (Å²) in [6.07, 6.45) is 0.460. The van der Waals surface area contributed by atoms with E-state index in [-0.39, 0.29) is 17.9 Å². The highest BCUT2D eigenvalue weighted by molar-refractivity contribution is 6.07. The molecule has 2 heterocycles. The van der Waals surface area contributed by atoms with Gasteiger partial charge in [-0.1, -0.05) is 66.7 Å². The number of pyridine rings is 1. The molecule has 7 nitrogen and oxygen atoms in total. The van der Waals surface area contributed by atoms with E-state index < -0.39 is 6.04 Å². The summed E-state index contributed by atoms with van der Waals surface area (Å²) in [6.45, 7) is 1.02. The monoisotopic (exact) mass is 495 g/mol. The number of benzene rings is 3. The smallest absolute Gasteiger partial charge is 0.323 e. The Balaban J connectivity index is 1.41. The van der Waals surface area contributed by atoms with Gasteiger partial charge in [-0.2, -0.15) is 0 Å². The Morgan fingerprint density at radius 2 is 1.70 bits per heavy atom. The fraction of sp³-hybridized carbons (Fsp3) is 0.233. The van der Waals surface area contributed by atoms with Crippen LogP contribution >= 0.6 is 0 Å². The molecule has 1 fully saturated rings. The number of fused-ring (bicyclic) bond motifs is 1. The van der Waals surface area contributed by atoms with Gasteiger partial charge in [0.15, 0.2) is 0 Å². The molecule has 0 bridgehead atoms. The minimum Gasteiger partial charge on any atom is -0.496 e. The number of nitrogens with zero attached hydrogens (tertiary/aromatic N) is 2. The van der Waals surface area contributed by atoms with Crippen LogP contribution in [0.1, 0.15) is 22.3 Å². The Labute approximate surface area is 216 Å². The molecule has 0 saturated carbocycles. The first-order valence-corrected chi connectivity index (χ1v) is 12.3. The van der Waals surface area contributed by atoms with Crippen LogP contribution in [0.3, 0.4) is 0 Å². The first kappa shape index (κ1) is 24.5. The third-order valence-electron chi connectivity index (χ3n) is 6.81. The molecule has 1 saturated heterocycles. The number of rotatable bonds is 7. The number of nitrogens with one attached hydrogen (secondary N) is 1. The van der Waals surface area contributed by atoms with Gasteiger partial charge >= 0.3 is 5.97 Å². The van der Waals surface area contributed by atoms with E-state index in [1.54, 1.807) is 7.11 Å². The summed E-state index contributed by atoms with van der Waals surface area (Å²) in [5.41, 5.74) is 3.96. The summed E-state index contributed by atoms with van der Waals surface area (Å²) in [4.78, 5) is 33.1. The molecule has 4 aromatic rings. The molecular formula is C30H29N3O4. The van der Waals surface area contributed by atoms with Gasteiger partial charge in [0.2, 0.25) is 0 Å². The fourth-order valence-corrected chi connectivity index (χ4v) is 5.00. The lowest BCUT2D eigenvalue weighted by atomic mass is 10.0. The number of amides is 1. The topological polar surface area (TPSA) is 80.8 Å². The van der Waals surface area contributed by atoms with Crippen molar-refractivity contribution in [1.29, 1.82) is 0 Å². The Kier molecular flexibility index (Phi) is 7.14. The van der Waals surface area contributed by atoms with E-state index >= 15 is 0 Å². The van der Waals surface area contributed by atoms with Crippen LogP contribution in [0, 0.1) is 0 Å². The van der Waals surface area contributed by atoms with Crippen molar-refractivity contribution in [2.24, 2.45) is 0 Å². The van der Waals surface area contributed by atoms with E-state index in [1.807, 2.05) is 89.8 Å². The van der Waals surface area contributed by atoms with Crippen molar-refractivity contribution in [1.82, 2.24) is 15.2 Å². The Hall–Kier alpha value is -4.23. The number of esters is 1. The van der Waals surface area contributed by atoms with Crippen LogP contribution in [0.15, 0.2) is 84.9 Å². The average Bonchev–Trinajstić information content (AvgIpc) is 3.34. The fourth-order valence-electron chi connectivity index (χ4n) is 5.00. The number of ether oxygens (including phenoxy) is 2. The van der Waals surface area contributed by atoms with E-state index in [2.05, 4.69) is 5.32 Å². The average molecular weight is 496 g/mol. The number of hydrogen-bond donors (Lipinski definition) is 1. The summed E-state index contributed by atoms with van der Waals surface area (Å²) < 4.78 is 10.6. The first-order chi connectivity index (χ1) is 18.1. The number of hydrogen-bond acceptors (Lipinski definition) is 6. The van der Waals surface area contributed by atoms with E-state index in [0.29, 0.717) is 25.1 Å². The van der Waals surface area contributed by atoms with E-state index in [0.717, 1.165) is 33.5 Å². The Morgan fingerprint density at radius 3 is 2.49 bits per heavy atom. The molecule has 0 unspecified atom stereocenters. The van der Waals surface area contributed by atoms with Crippen molar-refractivity contribution in [3.05, 3.63) is 96.1 Å². The quantitative estimate of drug-likeness (QED) is 0.382. The van der Waals surface area contributed by atoms with Gasteiger partial charge in [-0.15, -0.1) is 0 Å². The molecule has 7 heteroatoms. The molecular weight excluding hydrogens is 466 g/mol. The van der Waals surface area contributed by atoms with Gasteiger partial charge in [-0.05, 0) is 24.6 Å². The van der Waals surface area contributed by atoms with Crippen molar-refractivity contribution in [3.8, 4) is 17.0 Å². The molecule has 1 aliphatic heterocycles. The maximum absolute atomic E-state index is 13.6. The lowest BCUT2D eigenvalue weighted by Crippen LogP contribution is -2.38. The maximum Gasteiger partial charge on any atom is 0.323 e. The summed E-state index contributed by atoms with van der Waals surface area (Å²) in [7, 11) is 3.02. The van der Waals surface area contributed by atoms with Gasteiger partial charge in [0.25, 0.3) is 5.91 Å². The van der Waals surface area contributed by atoms with Gasteiger partial charge in [0.05, 0.1) is 31.0 Å². The molecule has 2 atom stereocenters. The second kappa shape index (κ2) is 10.8. The van der Waals surface area contributed by atoms with Crippen LogP contribution in [0.4, 0.5) is 0 Å². The van der Waals surface area contributed by atoms with E-state index in [4.69, 9.17) is 14.5 Å². The van der Waals surface area contributed by atoms with Crippen molar-refractivity contribution in [2.45, 2.75) is 25.0 Å². The Morgan fingerprint density at radius 1 is 0.973 bits per heavy atom. The Bertz CT molecular complexity index is 1420. The minimum atomic E-state index is -0.464. The summed E-state index contributed by atoms with van der Waals surface area (Å²) in [5.74, 6) is 0.256. The molecule has 37 heavy (non-hydrogen) atoms. The molecule has 5 rings (SSSR count). The SMILES string of the molecule is COC(=O)[C@@H]1C[C@H](NC(=O)c2cc(-c3ccccc3)nc3ccccc23)CN1Cc1ccccc1OC. The third kappa shape index (κ3) is 5.17. The van der Waals surface area contributed by atoms with Gasteiger partial charge in [-0.25, -0.2) is 4.98 Å². The van der Waals surface area contributed by atoms with Crippen LogP contribution < -0.4 is 10.1 Å². The number of carbonyl (C=O) groups excluding carboxylic acids is 2. The van der Waals surface area contributed by atoms with Gasteiger partial charge in [-0.3, -0.25) is 14.5 Å². The predicted molar refractivity (Wildman–Crippen MR) is 142 cm³/mol. The highest BCUT2D eigenvalue weighted by atomic mass is 16.5. The highest BCUT2D eigenvalue weighted by Crippen LogP contribution is 2.28. The van der Waals surface area contributed by atoms with Crippen LogP contribution in [-0.4, -0.2) is 54.6 Å². The largest absolute Gasteiger partial charge is 0.496 e. The van der Waals surface area contributed by atoms with Crippen LogP contribution in [0.2, 0.25) is 0 Å². The normalized spacial score (nSPS) is 17.5. The standard InChI is InChI=1S/C30H29N3O4/c1-36-28-15-9-6-12-21(28)18-33-19-22(16-27(33)30(35)37-2)31-29(34)24-17-26(20-10-4-3-5-11-20)32-25-14-8-7-13-23(24)25/h3-15,17,22,27H,16,18-19H2,1-2H3,(H,31,34)/t22-,27-/m0/s1. The summed E-state index contributed by atoms with van der Waals surface area (Å²) in [6, 6.07) is 26.3. The van der Waals surface area contributed by atoms with E-state index in [1.165, 1.54) is 7.11 Å². The van der Waals surface area contributed by atoms with E-state index in [9.17, 15) is 9.59 Å². The lowest BCUT2D eigenvalue weighted by molar-refractivity contribution is -0.146. The van der Waals surface area contributed by atoms with Gasteiger partial charge in [0.1, 0.15) is 11.8 Å². The minimum absolute atomic E-state index is 0.191. The van der Waals surface area contributed by atoms with Crippen LogP contribution in [-0.2, 0) is 16.1 Å². The van der Waals surface area contributed by atoms with Crippen molar-refractivity contribution in [2.75, 3.05) is 20.8 Å². The van der Waals surface area contributed by atoms with Gasteiger partial charge in [0, 0.05) is 35.6 Å². The van der Waals surface area contributed by atoms with Gasteiger partial charge < -0.3 is 14.8 Å². The van der Waals surface area contributed by atoms with Crippen LogP contribution in [0.5, 0.6) is 5.75 Å². The number of para-hydroxylation sites is 2. The molecule has 0 aliphatic carbocycles. The maximum atomic E-state index is 13.6. The number of aromatic nitrogens is 1. The van der Waals surface area contributed by atoms with Crippen molar-refractivity contribution in [3.63, 3.8) is 0 Å². The zero-order chi connectivity index (χ0) is 25.8. The van der Waals surface area contributed by atoms with Crippen molar-refractivity contribution >= 4 is 22.8 Å². The van der Waals surface area contributed by atoms with Crippen LogP contribution in [0.25, 0.3) is 22.2 Å². The van der Waals surface area contributed by atoms with Crippen molar-refractivity contribution < 1.29 is 19.1 Å². The molecule has 1 aromatic heterocycles. The second-order valence-electron chi connectivity index (χ2n) is 9.12.